The monoisotopic (exact) mass is 219 g/mol. The van der Waals surface area contributed by atoms with E-state index in [0.29, 0.717) is 6.42 Å². The van der Waals surface area contributed by atoms with Crippen LogP contribution in [-0.2, 0) is 9.59 Å². The molecule has 0 fully saturated rings. The first-order chi connectivity index (χ1) is 6.11. The zero-order chi connectivity index (χ0) is 10.3. The highest BCUT2D eigenvalue weighted by Crippen LogP contribution is 2.01. The van der Waals surface area contributed by atoms with Gasteiger partial charge in [-0.15, -0.1) is 0 Å². The van der Waals surface area contributed by atoms with Crippen LogP contribution in [0.4, 0.5) is 0 Å². The summed E-state index contributed by atoms with van der Waals surface area (Å²) < 4.78 is 0. The summed E-state index contributed by atoms with van der Waals surface area (Å²) >= 11 is 1.60. The number of hydrogen-bond donors (Lipinski definition) is 2. The largest absolute Gasteiger partial charge is 0.426 e. The van der Waals surface area contributed by atoms with Gasteiger partial charge >= 0.3 is 9.76 Å². The molecule has 0 heterocycles. The average molecular weight is 219 g/mol. The number of amides is 1. The molecule has 0 aliphatic heterocycles. The van der Waals surface area contributed by atoms with Gasteiger partial charge in [-0.3, -0.25) is 4.79 Å². The van der Waals surface area contributed by atoms with Crippen LogP contribution in [-0.4, -0.2) is 43.9 Å². The quantitative estimate of drug-likeness (QED) is 0.585. The minimum atomic E-state index is -0.740. The van der Waals surface area contributed by atoms with Crippen molar-refractivity contribution in [3.05, 3.63) is 0 Å². The molecule has 0 aliphatic rings. The maximum Gasteiger partial charge on any atom is 0.315 e. The molecule has 0 aromatic rings. The zero-order valence-corrected chi connectivity index (χ0v) is 9.48. The van der Waals surface area contributed by atoms with Gasteiger partial charge in [0.15, 0.2) is 5.41 Å². The molecule has 0 aliphatic carbocycles. The predicted octanol–water partition coefficient (Wildman–Crippen LogP) is -0.618. The second kappa shape index (κ2) is 7.11. The number of nitrogens with one attached hydrogen (secondary N) is 1. The molecule has 0 saturated heterocycles. The van der Waals surface area contributed by atoms with Crippen LogP contribution in [0, 0.1) is 0 Å². The van der Waals surface area contributed by atoms with E-state index in [1.54, 1.807) is 11.8 Å². The van der Waals surface area contributed by atoms with Crippen LogP contribution < -0.4 is 5.32 Å². The fourth-order valence-corrected chi connectivity index (χ4v) is 1.67. The van der Waals surface area contributed by atoms with Crippen molar-refractivity contribution >= 4 is 32.8 Å². The van der Waals surface area contributed by atoms with E-state index in [-0.39, 0.29) is 11.3 Å². The summed E-state index contributed by atoms with van der Waals surface area (Å²) in [6.07, 6.45) is 2.50. The van der Waals surface area contributed by atoms with E-state index in [1.807, 2.05) is 6.26 Å². The van der Waals surface area contributed by atoms with Gasteiger partial charge in [0.25, 0.3) is 0 Å². The van der Waals surface area contributed by atoms with Gasteiger partial charge in [-0.2, -0.15) is 11.8 Å². The van der Waals surface area contributed by atoms with Crippen molar-refractivity contribution in [1.29, 1.82) is 0 Å². The standard InChI is InChI=1S/C7H13NO3SSi/c1-5(9)8-6(3-4-12-2)7(10)13-11/h6,11H,3-4H2,1-2H3,(H,8,9)/t6-/m0/s1. The van der Waals surface area contributed by atoms with E-state index in [0.717, 1.165) is 5.75 Å². The van der Waals surface area contributed by atoms with Crippen LogP contribution in [0.25, 0.3) is 0 Å². The molecule has 0 aromatic heterocycles. The van der Waals surface area contributed by atoms with Crippen LogP contribution >= 0.6 is 11.8 Å². The molecule has 13 heavy (non-hydrogen) atoms. The van der Waals surface area contributed by atoms with Gasteiger partial charge in [0.1, 0.15) is 0 Å². The minimum absolute atomic E-state index is 0.238. The van der Waals surface area contributed by atoms with Crippen LogP contribution in [0.3, 0.4) is 0 Å². The molecule has 0 spiro atoms. The van der Waals surface area contributed by atoms with Gasteiger partial charge in [0.2, 0.25) is 5.91 Å². The number of thioether (sulfide) groups is 1. The highest BCUT2D eigenvalue weighted by atomic mass is 32.2. The Morgan fingerprint density at radius 1 is 1.62 bits per heavy atom. The molecule has 74 valence electrons. The van der Waals surface area contributed by atoms with Crippen LogP contribution in [0.2, 0.25) is 0 Å². The fourth-order valence-electron chi connectivity index (χ4n) is 0.828. The summed E-state index contributed by atoms with van der Waals surface area (Å²) in [6, 6.07) is -0.520. The van der Waals surface area contributed by atoms with Crippen molar-refractivity contribution in [2.24, 2.45) is 0 Å². The van der Waals surface area contributed by atoms with E-state index < -0.39 is 15.8 Å². The number of hydrogen-bond acceptors (Lipinski definition) is 4. The number of carbonyl (C=O) groups is 2. The molecule has 1 amide bonds. The van der Waals surface area contributed by atoms with Crippen LogP contribution in [0.1, 0.15) is 13.3 Å². The Bertz CT molecular complexity index is 189. The summed E-state index contributed by atoms with van der Waals surface area (Å²) in [7, 11) is -0.740. The molecule has 4 nitrogen and oxygen atoms in total. The molecule has 0 aromatic carbocycles. The molecule has 1 atom stereocenters. The van der Waals surface area contributed by atoms with Gasteiger partial charge in [0, 0.05) is 6.92 Å². The van der Waals surface area contributed by atoms with Crippen molar-refractivity contribution in [3.63, 3.8) is 0 Å². The van der Waals surface area contributed by atoms with E-state index in [1.165, 1.54) is 6.92 Å². The first kappa shape index (κ1) is 12.7. The van der Waals surface area contributed by atoms with Crippen LogP contribution in [0.5, 0.6) is 0 Å². The third-order valence-electron chi connectivity index (χ3n) is 1.41. The molecule has 2 N–H and O–H groups in total. The maximum absolute atomic E-state index is 11.1. The second-order valence-electron chi connectivity index (χ2n) is 2.51. The summed E-state index contributed by atoms with van der Waals surface area (Å²) in [5, 5.41) is 2.21. The van der Waals surface area contributed by atoms with Crippen molar-refractivity contribution in [3.8, 4) is 0 Å². The zero-order valence-electron chi connectivity index (χ0n) is 7.66. The average Bonchev–Trinajstić information content (AvgIpc) is 2.10. The molecular formula is C7H13NO3SSi. The lowest BCUT2D eigenvalue weighted by molar-refractivity contribution is -0.123. The Labute approximate surface area is 84.4 Å². The predicted molar refractivity (Wildman–Crippen MR) is 53.6 cm³/mol. The summed E-state index contributed by atoms with van der Waals surface area (Å²) in [5.41, 5.74) is 0. The minimum Gasteiger partial charge on any atom is -0.426 e. The highest BCUT2D eigenvalue weighted by Gasteiger charge is 2.18. The van der Waals surface area contributed by atoms with Crippen molar-refractivity contribution in [1.82, 2.24) is 5.32 Å². The Morgan fingerprint density at radius 2 is 2.23 bits per heavy atom. The molecule has 0 unspecified atom stereocenters. The lowest BCUT2D eigenvalue weighted by Gasteiger charge is -2.13. The lowest BCUT2D eigenvalue weighted by Crippen LogP contribution is -2.42. The van der Waals surface area contributed by atoms with Gasteiger partial charge in [0.05, 0.1) is 6.04 Å². The molecule has 6 heteroatoms. The highest BCUT2D eigenvalue weighted by molar-refractivity contribution is 7.98. The first-order valence-electron chi connectivity index (χ1n) is 3.81. The smallest absolute Gasteiger partial charge is 0.315 e. The second-order valence-corrected chi connectivity index (χ2v) is 4.21. The summed E-state index contributed by atoms with van der Waals surface area (Å²) in [4.78, 5) is 30.4. The normalized spacial score (nSPS) is 12.2. The van der Waals surface area contributed by atoms with E-state index in [4.69, 9.17) is 4.80 Å². The fraction of sp³-hybridized carbons (Fsp3) is 0.714. The SMILES string of the molecule is CSCC[C@H](NC(C)=O)C(=O)[Si]O. The third kappa shape index (κ3) is 5.84. The van der Waals surface area contributed by atoms with Gasteiger partial charge in [-0.1, -0.05) is 0 Å². The Balaban J connectivity index is 4.02. The Morgan fingerprint density at radius 3 is 2.62 bits per heavy atom. The maximum atomic E-state index is 11.1. The lowest BCUT2D eigenvalue weighted by atomic mass is 10.2. The van der Waals surface area contributed by atoms with Crippen molar-refractivity contribution < 1.29 is 14.4 Å². The van der Waals surface area contributed by atoms with Gasteiger partial charge in [-0.25, -0.2) is 0 Å². The Hall–Kier alpha value is -0.333. The van der Waals surface area contributed by atoms with Crippen LogP contribution in [0.15, 0.2) is 0 Å². The summed E-state index contributed by atoms with van der Waals surface area (Å²) in [6.45, 7) is 1.36. The first-order valence-corrected chi connectivity index (χ1v) is 6.16. The van der Waals surface area contributed by atoms with Gasteiger partial charge in [-0.05, 0) is 18.4 Å². The molecule has 2 radical (unpaired) electrons. The number of carbonyl (C=O) groups excluding carboxylic acids is 2. The molecular weight excluding hydrogens is 206 g/mol. The van der Waals surface area contributed by atoms with E-state index in [9.17, 15) is 9.59 Å². The van der Waals surface area contributed by atoms with Crippen molar-refractivity contribution in [2.45, 2.75) is 19.4 Å². The number of rotatable bonds is 6. The molecule has 0 bridgehead atoms. The summed E-state index contributed by atoms with van der Waals surface area (Å²) in [5.74, 6) is 0.555. The van der Waals surface area contributed by atoms with Gasteiger partial charge < -0.3 is 14.9 Å². The van der Waals surface area contributed by atoms with E-state index >= 15 is 0 Å². The Kier molecular flexibility index (Phi) is 6.92. The van der Waals surface area contributed by atoms with E-state index in [2.05, 4.69) is 5.32 Å². The third-order valence-corrected chi connectivity index (χ3v) is 2.63. The molecule has 0 saturated carbocycles. The van der Waals surface area contributed by atoms with Crippen molar-refractivity contribution in [2.75, 3.05) is 12.0 Å². The molecule has 0 rings (SSSR count). The topological polar surface area (TPSA) is 66.4 Å².